The summed E-state index contributed by atoms with van der Waals surface area (Å²) in [5.74, 6) is -0.318. The number of carbonyl (C=O) groups excluding carboxylic acids is 2. The summed E-state index contributed by atoms with van der Waals surface area (Å²) in [6.45, 7) is 12.1. The fraction of sp³-hybridized carbons (Fsp3) is 0.500. The molecule has 2 aromatic rings. The van der Waals surface area contributed by atoms with E-state index in [1.54, 1.807) is 36.3 Å². The first-order valence-electron chi connectivity index (χ1n) is 14.1. The minimum absolute atomic E-state index is 0.145. The topological polar surface area (TPSA) is 70.1 Å². The molecule has 2 aromatic carbocycles. The predicted octanol–water partition coefficient (Wildman–Crippen LogP) is 6.53. The van der Waals surface area contributed by atoms with E-state index in [-0.39, 0.29) is 11.3 Å². The summed E-state index contributed by atoms with van der Waals surface area (Å²) >= 11 is 0. The minimum Gasteiger partial charge on any atom is -0.507 e. The fourth-order valence-electron chi connectivity index (χ4n) is 4.99. The number of ketones is 1. The monoisotopic (exact) mass is 520 g/mol. The van der Waals surface area contributed by atoms with Crippen molar-refractivity contribution in [2.75, 3.05) is 33.3 Å². The zero-order valence-corrected chi connectivity index (χ0v) is 23.7. The number of methoxy groups -OCH3 is 1. The van der Waals surface area contributed by atoms with Crippen LogP contribution in [0.2, 0.25) is 0 Å². The average Bonchev–Trinajstić information content (AvgIpc) is 3.18. The molecule has 0 aliphatic carbocycles. The standard InChI is InChI=1S/C32H44N2O4/c1-6-8-19-33(20-9-7-2)21-10-22-34-29(25-13-11-24(12-14-25)23(3)4)28(31(36)32(34)37)30(35)26-15-17-27(38-5)18-16-26/h11-18,23,29,35H,6-10,19-22H2,1-5H3. The molecule has 38 heavy (non-hydrogen) atoms. The molecule has 0 saturated carbocycles. The van der Waals surface area contributed by atoms with Crippen molar-refractivity contribution in [3.63, 3.8) is 0 Å². The highest BCUT2D eigenvalue weighted by atomic mass is 16.5. The number of Topliss-reactive ketones (excluding diaryl/α,β-unsaturated/α-hetero) is 1. The summed E-state index contributed by atoms with van der Waals surface area (Å²) in [5, 5.41) is 11.3. The van der Waals surface area contributed by atoms with Crippen LogP contribution in [0.3, 0.4) is 0 Å². The van der Waals surface area contributed by atoms with E-state index in [4.69, 9.17) is 4.74 Å². The lowest BCUT2D eigenvalue weighted by atomic mass is 9.93. The molecule has 0 bridgehead atoms. The lowest BCUT2D eigenvalue weighted by Crippen LogP contribution is -2.34. The van der Waals surface area contributed by atoms with E-state index in [0.29, 0.717) is 23.8 Å². The molecule has 206 valence electrons. The quantitative estimate of drug-likeness (QED) is 0.174. The van der Waals surface area contributed by atoms with Gasteiger partial charge < -0.3 is 19.6 Å². The summed E-state index contributed by atoms with van der Waals surface area (Å²) in [6.07, 6.45) is 5.37. The van der Waals surface area contributed by atoms with E-state index in [2.05, 4.69) is 32.6 Å². The van der Waals surface area contributed by atoms with Crippen molar-refractivity contribution >= 4 is 17.4 Å². The number of rotatable bonds is 14. The third kappa shape index (κ3) is 7.04. The zero-order chi connectivity index (χ0) is 27.7. The summed E-state index contributed by atoms with van der Waals surface area (Å²) in [6, 6.07) is 14.3. The predicted molar refractivity (Wildman–Crippen MR) is 153 cm³/mol. The van der Waals surface area contributed by atoms with Gasteiger partial charge in [0.05, 0.1) is 18.7 Å². The van der Waals surface area contributed by atoms with E-state index in [9.17, 15) is 14.7 Å². The molecule has 0 aromatic heterocycles. The van der Waals surface area contributed by atoms with Gasteiger partial charge >= 0.3 is 0 Å². The number of carbonyl (C=O) groups is 2. The van der Waals surface area contributed by atoms with Gasteiger partial charge in [0, 0.05) is 12.1 Å². The normalized spacial score (nSPS) is 17.1. The number of unbranched alkanes of at least 4 members (excludes halogenated alkanes) is 2. The Bertz CT molecular complexity index is 1080. The molecule has 1 N–H and O–H groups in total. The Morgan fingerprint density at radius 3 is 2.03 bits per heavy atom. The van der Waals surface area contributed by atoms with Gasteiger partial charge in [0.25, 0.3) is 11.7 Å². The fourth-order valence-corrected chi connectivity index (χ4v) is 4.99. The van der Waals surface area contributed by atoms with Gasteiger partial charge in [-0.2, -0.15) is 0 Å². The van der Waals surface area contributed by atoms with Gasteiger partial charge in [-0.3, -0.25) is 9.59 Å². The average molecular weight is 521 g/mol. The minimum atomic E-state index is -0.634. The van der Waals surface area contributed by atoms with Gasteiger partial charge in [0.2, 0.25) is 0 Å². The number of aliphatic hydroxyl groups excluding tert-OH is 1. The first-order valence-corrected chi connectivity index (χ1v) is 14.1. The molecule has 1 unspecified atom stereocenters. The molecule has 3 rings (SSSR count). The summed E-state index contributed by atoms with van der Waals surface area (Å²) in [4.78, 5) is 30.8. The smallest absolute Gasteiger partial charge is 0.295 e. The maximum Gasteiger partial charge on any atom is 0.295 e. The van der Waals surface area contributed by atoms with Crippen molar-refractivity contribution in [3.05, 3.63) is 70.8 Å². The van der Waals surface area contributed by atoms with Gasteiger partial charge in [-0.15, -0.1) is 0 Å². The summed E-state index contributed by atoms with van der Waals surface area (Å²) in [5.41, 5.74) is 2.64. The Hall–Kier alpha value is -3.12. The van der Waals surface area contributed by atoms with Crippen LogP contribution < -0.4 is 4.74 Å². The van der Waals surface area contributed by atoms with Crippen molar-refractivity contribution in [1.29, 1.82) is 0 Å². The van der Waals surface area contributed by atoms with Gasteiger partial charge in [-0.1, -0.05) is 64.8 Å². The molecule has 0 spiro atoms. The van der Waals surface area contributed by atoms with Crippen LogP contribution in [0.1, 0.15) is 88.4 Å². The second kappa shape index (κ2) is 14.1. The highest BCUT2D eigenvalue weighted by molar-refractivity contribution is 6.46. The maximum absolute atomic E-state index is 13.3. The second-order valence-corrected chi connectivity index (χ2v) is 10.4. The number of amides is 1. The number of benzene rings is 2. The molecule has 1 saturated heterocycles. The van der Waals surface area contributed by atoms with Crippen LogP contribution in [0, 0.1) is 0 Å². The molecule has 1 atom stereocenters. The van der Waals surface area contributed by atoms with Crippen LogP contribution in [0.25, 0.3) is 5.76 Å². The van der Waals surface area contributed by atoms with Gasteiger partial charge in [0.15, 0.2) is 0 Å². The van der Waals surface area contributed by atoms with Crippen molar-refractivity contribution in [3.8, 4) is 5.75 Å². The zero-order valence-electron chi connectivity index (χ0n) is 23.7. The number of likely N-dealkylation sites (tertiary alicyclic amines) is 1. The first kappa shape index (κ1) is 29.4. The SMILES string of the molecule is CCCCN(CCCC)CCCN1C(=O)C(=O)C(=C(O)c2ccc(OC)cc2)C1c1ccc(C(C)C)cc1. The Morgan fingerprint density at radius 2 is 1.50 bits per heavy atom. The highest BCUT2D eigenvalue weighted by Gasteiger charge is 2.45. The Balaban J connectivity index is 1.94. The third-order valence-corrected chi connectivity index (χ3v) is 7.35. The van der Waals surface area contributed by atoms with Crippen LogP contribution in [0.15, 0.2) is 54.1 Å². The van der Waals surface area contributed by atoms with E-state index >= 15 is 0 Å². The Kier molecular flexibility index (Phi) is 11.0. The number of hydrogen-bond donors (Lipinski definition) is 1. The van der Waals surface area contributed by atoms with Crippen molar-refractivity contribution < 1.29 is 19.4 Å². The molecule has 1 amide bonds. The molecule has 6 heteroatoms. The van der Waals surface area contributed by atoms with E-state index in [1.807, 2.05) is 24.3 Å². The second-order valence-electron chi connectivity index (χ2n) is 10.4. The van der Waals surface area contributed by atoms with Gasteiger partial charge in [-0.05, 0) is 80.2 Å². The molecule has 1 aliphatic rings. The van der Waals surface area contributed by atoms with Crippen LogP contribution in [0.4, 0.5) is 0 Å². The van der Waals surface area contributed by atoms with Gasteiger partial charge in [-0.25, -0.2) is 0 Å². The van der Waals surface area contributed by atoms with Gasteiger partial charge in [0.1, 0.15) is 11.5 Å². The number of nitrogens with zero attached hydrogens (tertiary/aromatic N) is 2. The number of hydrogen-bond acceptors (Lipinski definition) is 5. The van der Waals surface area contributed by atoms with Crippen molar-refractivity contribution in [2.24, 2.45) is 0 Å². The number of aliphatic hydroxyl groups is 1. The van der Waals surface area contributed by atoms with Crippen molar-refractivity contribution in [1.82, 2.24) is 9.80 Å². The van der Waals surface area contributed by atoms with Crippen LogP contribution in [-0.4, -0.2) is 59.9 Å². The summed E-state index contributed by atoms with van der Waals surface area (Å²) in [7, 11) is 1.58. The molecule has 1 fully saturated rings. The largest absolute Gasteiger partial charge is 0.507 e. The molecule has 0 radical (unpaired) electrons. The van der Waals surface area contributed by atoms with E-state index in [0.717, 1.165) is 57.3 Å². The molecule has 1 heterocycles. The molecular weight excluding hydrogens is 476 g/mol. The molecule has 6 nitrogen and oxygen atoms in total. The van der Waals surface area contributed by atoms with Crippen molar-refractivity contribution in [2.45, 2.75) is 71.8 Å². The van der Waals surface area contributed by atoms with Crippen LogP contribution in [-0.2, 0) is 9.59 Å². The van der Waals surface area contributed by atoms with Crippen LogP contribution in [0.5, 0.6) is 5.75 Å². The van der Waals surface area contributed by atoms with E-state index < -0.39 is 17.7 Å². The van der Waals surface area contributed by atoms with E-state index in [1.165, 1.54) is 5.56 Å². The Labute approximate surface area is 228 Å². The first-order chi connectivity index (χ1) is 18.3. The third-order valence-electron chi connectivity index (χ3n) is 7.35. The molecule has 1 aliphatic heterocycles. The summed E-state index contributed by atoms with van der Waals surface area (Å²) < 4.78 is 5.23. The maximum atomic E-state index is 13.3. The van der Waals surface area contributed by atoms with Crippen LogP contribution >= 0.6 is 0 Å². The number of ether oxygens (including phenoxy) is 1. The highest BCUT2D eigenvalue weighted by Crippen LogP contribution is 2.40. The lowest BCUT2D eigenvalue weighted by molar-refractivity contribution is -0.140. The molecular formula is C32H44N2O4. The lowest BCUT2D eigenvalue weighted by Gasteiger charge is -2.27. The Morgan fingerprint density at radius 1 is 0.921 bits per heavy atom.